The van der Waals surface area contributed by atoms with Gasteiger partial charge in [-0.2, -0.15) is 0 Å². The van der Waals surface area contributed by atoms with Crippen molar-refractivity contribution in [1.29, 1.82) is 0 Å². The number of nitrogens with one attached hydrogen (secondary N) is 2. The van der Waals surface area contributed by atoms with Crippen molar-refractivity contribution in [1.82, 2.24) is 15.2 Å². The van der Waals surface area contributed by atoms with Crippen molar-refractivity contribution in [2.45, 2.75) is 13.3 Å². The Hall–Kier alpha value is -2.28. The molecule has 1 aromatic heterocycles. The summed E-state index contributed by atoms with van der Waals surface area (Å²) >= 11 is 12.0. The summed E-state index contributed by atoms with van der Waals surface area (Å²) in [5.41, 5.74) is 2.69. The number of carbonyl (C=O) groups excluding carboxylic acids is 1. The summed E-state index contributed by atoms with van der Waals surface area (Å²) < 4.78 is 5.40. The molecule has 166 valence electrons. The number of rotatable bonds is 11. The molecular formula is C23H28Cl2N4O2. The number of fused-ring (bicyclic) bond motifs is 2. The molecule has 0 fully saturated rings. The number of hydrogen-bond acceptors (Lipinski definition) is 5. The molecule has 2 aromatic carbocycles. The second-order valence-corrected chi connectivity index (χ2v) is 8.03. The standard InChI is InChI=1S/C23H28Cl2N4O2/c1-3-29(12-9-24)15-22(30)26-10-4-11-27-23-18-7-5-16(25)13-21(18)28-20-8-6-17(31-2)14-19(20)23/h5-8,13-14H,3-4,9-12,15H2,1-2H3,(H,26,30)(H,27,28). The minimum absolute atomic E-state index is 0.0196. The average Bonchev–Trinajstić information content (AvgIpc) is 2.77. The summed E-state index contributed by atoms with van der Waals surface area (Å²) in [5, 5.41) is 9.14. The van der Waals surface area contributed by atoms with E-state index in [1.807, 2.05) is 48.2 Å². The maximum atomic E-state index is 12.1. The number of hydrogen-bond donors (Lipinski definition) is 2. The Kier molecular flexibility index (Phi) is 8.58. The molecule has 3 rings (SSSR count). The van der Waals surface area contributed by atoms with E-state index < -0.39 is 0 Å². The normalized spacial score (nSPS) is 11.3. The lowest BCUT2D eigenvalue weighted by molar-refractivity contribution is -0.122. The zero-order valence-electron chi connectivity index (χ0n) is 17.9. The van der Waals surface area contributed by atoms with Gasteiger partial charge < -0.3 is 15.4 Å². The molecule has 8 heteroatoms. The lowest BCUT2D eigenvalue weighted by Crippen LogP contribution is -2.38. The highest BCUT2D eigenvalue weighted by molar-refractivity contribution is 6.31. The summed E-state index contributed by atoms with van der Waals surface area (Å²) in [6.45, 7) is 5.21. The first-order valence-corrected chi connectivity index (χ1v) is 11.3. The average molecular weight is 463 g/mol. The molecule has 0 aliphatic heterocycles. The van der Waals surface area contributed by atoms with Crippen LogP contribution in [-0.4, -0.2) is 61.5 Å². The predicted molar refractivity (Wildman–Crippen MR) is 130 cm³/mol. The maximum absolute atomic E-state index is 12.1. The van der Waals surface area contributed by atoms with E-state index in [2.05, 4.69) is 10.6 Å². The van der Waals surface area contributed by atoms with Crippen molar-refractivity contribution in [3.05, 3.63) is 41.4 Å². The highest BCUT2D eigenvalue weighted by Crippen LogP contribution is 2.34. The number of halogens is 2. The van der Waals surface area contributed by atoms with Crippen molar-refractivity contribution in [3.63, 3.8) is 0 Å². The van der Waals surface area contributed by atoms with Crippen LogP contribution >= 0.6 is 23.2 Å². The molecule has 0 aliphatic carbocycles. The zero-order chi connectivity index (χ0) is 22.2. The van der Waals surface area contributed by atoms with Gasteiger partial charge in [-0.3, -0.25) is 9.69 Å². The molecule has 0 unspecified atom stereocenters. The van der Waals surface area contributed by atoms with Crippen LogP contribution in [0.5, 0.6) is 5.75 Å². The fourth-order valence-electron chi connectivity index (χ4n) is 3.47. The fourth-order valence-corrected chi connectivity index (χ4v) is 3.88. The van der Waals surface area contributed by atoms with E-state index in [9.17, 15) is 4.79 Å². The van der Waals surface area contributed by atoms with Gasteiger partial charge in [0, 0.05) is 41.3 Å². The molecule has 6 nitrogen and oxygen atoms in total. The summed E-state index contributed by atoms with van der Waals surface area (Å²) in [7, 11) is 1.65. The number of methoxy groups -OCH3 is 1. The van der Waals surface area contributed by atoms with E-state index >= 15 is 0 Å². The quantitative estimate of drug-likeness (QED) is 0.249. The lowest BCUT2D eigenvalue weighted by Gasteiger charge is -2.18. The van der Waals surface area contributed by atoms with Crippen LogP contribution in [0.4, 0.5) is 5.69 Å². The number of nitrogens with zero attached hydrogens (tertiary/aromatic N) is 2. The van der Waals surface area contributed by atoms with E-state index in [1.165, 1.54) is 0 Å². The van der Waals surface area contributed by atoms with Gasteiger partial charge in [0.15, 0.2) is 0 Å². The topological polar surface area (TPSA) is 66.5 Å². The van der Waals surface area contributed by atoms with E-state index in [0.717, 1.165) is 46.2 Å². The Labute approximate surface area is 192 Å². The second kappa shape index (κ2) is 11.4. The molecule has 0 spiro atoms. The summed E-state index contributed by atoms with van der Waals surface area (Å²) in [6.07, 6.45) is 0.788. The van der Waals surface area contributed by atoms with Crippen LogP contribution in [0.1, 0.15) is 13.3 Å². The van der Waals surface area contributed by atoms with Crippen molar-refractivity contribution in [3.8, 4) is 5.75 Å². The molecule has 1 amide bonds. The third-order valence-corrected chi connectivity index (χ3v) is 5.54. The third kappa shape index (κ3) is 6.12. The molecule has 0 saturated carbocycles. The van der Waals surface area contributed by atoms with E-state index in [0.29, 0.717) is 37.1 Å². The minimum atomic E-state index is 0.0196. The molecule has 0 atom stereocenters. The molecule has 3 aromatic rings. The Morgan fingerprint density at radius 3 is 2.71 bits per heavy atom. The first-order valence-electron chi connectivity index (χ1n) is 10.4. The lowest BCUT2D eigenvalue weighted by atomic mass is 10.1. The molecule has 2 N–H and O–H groups in total. The number of benzene rings is 2. The molecule has 0 bridgehead atoms. The number of carbonyl (C=O) groups is 1. The Morgan fingerprint density at radius 1 is 1.13 bits per heavy atom. The molecule has 31 heavy (non-hydrogen) atoms. The number of anilines is 1. The molecule has 0 saturated heterocycles. The van der Waals surface area contributed by atoms with Gasteiger partial charge in [-0.15, -0.1) is 11.6 Å². The van der Waals surface area contributed by atoms with E-state index in [-0.39, 0.29) is 5.91 Å². The second-order valence-electron chi connectivity index (χ2n) is 7.22. The van der Waals surface area contributed by atoms with E-state index in [1.54, 1.807) is 7.11 Å². The van der Waals surface area contributed by atoms with Crippen LogP contribution in [0.25, 0.3) is 21.8 Å². The molecule has 0 radical (unpaired) electrons. The highest BCUT2D eigenvalue weighted by atomic mass is 35.5. The number of amides is 1. The summed E-state index contributed by atoms with van der Waals surface area (Å²) in [6, 6.07) is 11.5. The van der Waals surface area contributed by atoms with Crippen molar-refractivity contribution in [2.24, 2.45) is 0 Å². The molecular weight excluding hydrogens is 435 g/mol. The smallest absolute Gasteiger partial charge is 0.234 e. The first kappa shape index (κ1) is 23.4. The fraction of sp³-hybridized carbons (Fsp3) is 0.391. The predicted octanol–water partition coefficient (Wildman–Crippen LogP) is 4.53. The van der Waals surface area contributed by atoms with Gasteiger partial charge in [0.1, 0.15) is 5.75 Å². The van der Waals surface area contributed by atoms with Crippen molar-refractivity contribution < 1.29 is 9.53 Å². The van der Waals surface area contributed by atoms with Gasteiger partial charge in [-0.05, 0) is 49.4 Å². The van der Waals surface area contributed by atoms with Gasteiger partial charge in [-0.25, -0.2) is 4.98 Å². The van der Waals surface area contributed by atoms with Gasteiger partial charge in [-0.1, -0.05) is 18.5 Å². The Morgan fingerprint density at radius 2 is 1.97 bits per heavy atom. The number of likely N-dealkylation sites (N-methyl/N-ethyl adjacent to an activating group) is 1. The maximum Gasteiger partial charge on any atom is 0.234 e. The van der Waals surface area contributed by atoms with Crippen LogP contribution in [0, 0.1) is 0 Å². The summed E-state index contributed by atoms with van der Waals surface area (Å²) in [5.74, 6) is 1.32. The van der Waals surface area contributed by atoms with Crippen LogP contribution in [0.15, 0.2) is 36.4 Å². The van der Waals surface area contributed by atoms with E-state index in [4.69, 9.17) is 32.9 Å². The first-order chi connectivity index (χ1) is 15.0. The largest absolute Gasteiger partial charge is 0.497 e. The van der Waals surface area contributed by atoms with Gasteiger partial charge in [0.25, 0.3) is 0 Å². The third-order valence-electron chi connectivity index (χ3n) is 5.14. The molecule has 1 heterocycles. The van der Waals surface area contributed by atoms with Crippen LogP contribution < -0.4 is 15.4 Å². The Bertz CT molecular complexity index is 1040. The zero-order valence-corrected chi connectivity index (χ0v) is 19.4. The number of pyridine rings is 1. The van der Waals surface area contributed by atoms with Gasteiger partial charge in [0.2, 0.25) is 5.91 Å². The van der Waals surface area contributed by atoms with Crippen molar-refractivity contribution >= 4 is 56.6 Å². The summed E-state index contributed by atoms with van der Waals surface area (Å²) in [4.78, 5) is 18.9. The van der Waals surface area contributed by atoms with Gasteiger partial charge >= 0.3 is 0 Å². The van der Waals surface area contributed by atoms with Crippen LogP contribution in [0.2, 0.25) is 5.02 Å². The number of alkyl halides is 1. The Balaban J connectivity index is 1.68. The van der Waals surface area contributed by atoms with Crippen LogP contribution in [-0.2, 0) is 4.79 Å². The number of ether oxygens (including phenoxy) is 1. The van der Waals surface area contributed by atoms with Crippen LogP contribution in [0.3, 0.4) is 0 Å². The molecule has 0 aliphatic rings. The van der Waals surface area contributed by atoms with Gasteiger partial charge in [0.05, 0.1) is 30.4 Å². The SMILES string of the molecule is CCN(CCCl)CC(=O)NCCCNc1c2ccc(Cl)cc2nc2ccc(OC)cc12. The number of aromatic nitrogens is 1. The minimum Gasteiger partial charge on any atom is -0.497 e. The highest BCUT2D eigenvalue weighted by Gasteiger charge is 2.11. The van der Waals surface area contributed by atoms with Crippen molar-refractivity contribution in [2.75, 3.05) is 51.0 Å². The monoisotopic (exact) mass is 462 g/mol.